The summed E-state index contributed by atoms with van der Waals surface area (Å²) in [6, 6.07) is 6.51. The predicted octanol–water partition coefficient (Wildman–Crippen LogP) is 2.31. The summed E-state index contributed by atoms with van der Waals surface area (Å²) >= 11 is 0. The molecule has 0 unspecified atom stereocenters. The highest BCUT2D eigenvalue weighted by Crippen LogP contribution is 2.22. The van der Waals surface area contributed by atoms with E-state index in [0.717, 1.165) is 23.4 Å². The predicted molar refractivity (Wildman–Crippen MR) is 96.3 cm³/mol. The Labute approximate surface area is 155 Å². The molecule has 0 N–H and O–H groups in total. The Morgan fingerprint density at radius 1 is 1.26 bits per heavy atom. The van der Waals surface area contributed by atoms with Crippen LogP contribution in [0.25, 0.3) is 0 Å². The zero-order chi connectivity index (χ0) is 18.8. The second-order valence-electron chi connectivity index (χ2n) is 6.58. The molecule has 0 saturated heterocycles. The van der Waals surface area contributed by atoms with Gasteiger partial charge in [-0.05, 0) is 25.0 Å². The van der Waals surface area contributed by atoms with E-state index in [2.05, 4.69) is 9.97 Å². The number of rotatable bonds is 4. The number of pyridine rings is 1. The van der Waals surface area contributed by atoms with Crippen molar-refractivity contribution in [3.63, 3.8) is 0 Å². The number of carbonyl (C=O) groups excluding carboxylic acids is 1. The van der Waals surface area contributed by atoms with Crippen LogP contribution in [0.1, 0.15) is 39.2 Å². The van der Waals surface area contributed by atoms with Crippen LogP contribution in [0.4, 0.5) is 0 Å². The monoisotopic (exact) mass is 365 g/mol. The molecule has 0 bridgehead atoms. The summed E-state index contributed by atoms with van der Waals surface area (Å²) in [5, 5.41) is 0. The molecule has 7 nitrogen and oxygen atoms in total. The van der Waals surface area contributed by atoms with E-state index in [0.29, 0.717) is 37.6 Å². The number of oxazole rings is 1. The van der Waals surface area contributed by atoms with Gasteiger partial charge in [-0.3, -0.25) is 14.6 Å². The normalized spacial score (nSPS) is 13.4. The molecule has 1 amide bonds. The fraction of sp³-hybridized carbons (Fsp3) is 0.300. The number of aromatic nitrogens is 2. The quantitative estimate of drug-likeness (QED) is 0.705. The van der Waals surface area contributed by atoms with Gasteiger partial charge >= 0.3 is 0 Å². The number of fused-ring (bicyclic) bond motifs is 1. The molecule has 3 aromatic rings. The average molecular weight is 365 g/mol. The Hall–Kier alpha value is -3.22. The number of nitrogens with zero attached hydrogens (tertiary/aromatic N) is 3. The van der Waals surface area contributed by atoms with Gasteiger partial charge in [0.15, 0.2) is 17.1 Å². The average Bonchev–Trinajstić information content (AvgIpc) is 3.08. The van der Waals surface area contributed by atoms with E-state index >= 15 is 0 Å². The summed E-state index contributed by atoms with van der Waals surface area (Å²) < 4.78 is 11.3. The maximum Gasteiger partial charge on any atom is 0.290 e. The van der Waals surface area contributed by atoms with Gasteiger partial charge in [-0.2, -0.15) is 0 Å². The molecule has 0 spiro atoms. The van der Waals surface area contributed by atoms with Crippen LogP contribution < -0.4 is 5.43 Å². The van der Waals surface area contributed by atoms with E-state index in [9.17, 15) is 9.59 Å². The Morgan fingerprint density at radius 2 is 2.15 bits per heavy atom. The number of hydrogen-bond acceptors (Lipinski definition) is 6. The minimum absolute atomic E-state index is 0.0590. The molecule has 4 rings (SSSR count). The summed E-state index contributed by atoms with van der Waals surface area (Å²) in [4.78, 5) is 34.6. The van der Waals surface area contributed by atoms with E-state index in [-0.39, 0.29) is 17.1 Å². The Bertz CT molecular complexity index is 1020. The molecule has 4 heterocycles. The van der Waals surface area contributed by atoms with Crippen molar-refractivity contribution in [2.75, 3.05) is 6.54 Å². The van der Waals surface area contributed by atoms with Gasteiger partial charge in [-0.25, -0.2) is 4.98 Å². The number of hydrogen-bond donors (Lipinski definition) is 0. The van der Waals surface area contributed by atoms with Crippen molar-refractivity contribution >= 4 is 5.91 Å². The first-order chi connectivity index (χ1) is 13.1. The summed E-state index contributed by atoms with van der Waals surface area (Å²) in [6.45, 7) is 2.50. The van der Waals surface area contributed by atoms with Crippen LogP contribution >= 0.6 is 0 Å². The first-order valence-corrected chi connectivity index (χ1v) is 8.86. The van der Waals surface area contributed by atoms with Crippen LogP contribution in [-0.4, -0.2) is 27.3 Å². The lowest BCUT2D eigenvalue weighted by Crippen LogP contribution is -2.36. The molecule has 0 aromatic carbocycles. The van der Waals surface area contributed by atoms with Gasteiger partial charge in [0.05, 0.1) is 6.54 Å². The Kier molecular flexibility index (Phi) is 4.58. The van der Waals surface area contributed by atoms with Crippen molar-refractivity contribution in [2.45, 2.75) is 32.7 Å². The van der Waals surface area contributed by atoms with Crippen LogP contribution in [0.2, 0.25) is 0 Å². The number of amides is 1. The molecule has 1 aliphatic heterocycles. The van der Waals surface area contributed by atoms with Gasteiger partial charge in [-0.15, -0.1) is 0 Å². The molecule has 0 fully saturated rings. The van der Waals surface area contributed by atoms with Gasteiger partial charge in [0, 0.05) is 43.9 Å². The molecule has 7 heteroatoms. The fourth-order valence-electron chi connectivity index (χ4n) is 3.19. The van der Waals surface area contributed by atoms with Crippen LogP contribution in [0.3, 0.4) is 0 Å². The van der Waals surface area contributed by atoms with E-state index in [1.807, 2.05) is 18.3 Å². The van der Waals surface area contributed by atoms with Gasteiger partial charge in [-0.1, -0.05) is 6.07 Å². The summed E-state index contributed by atoms with van der Waals surface area (Å²) in [6.07, 6.45) is 5.65. The molecule has 3 aromatic heterocycles. The van der Waals surface area contributed by atoms with Crippen molar-refractivity contribution in [1.82, 2.24) is 14.9 Å². The van der Waals surface area contributed by atoms with Gasteiger partial charge in [0.2, 0.25) is 0 Å². The topological polar surface area (TPSA) is 89.4 Å². The van der Waals surface area contributed by atoms with E-state index < -0.39 is 0 Å². The summed E-state index contributed by atoms with van der Waals surface area (Å²) in [5.74, 6) is 1.67. The summed E-state index contributed by atoms with van der Waals surface area (Å²) in [7, 11) is 0. The van der Waals surface area contributed by atoms with Crippen molar-refractivity contribution in [2.24, 2.45) is 0 Å². The lowest BCUT2D eigenvalue weighted by atomic mass is 10.1. The van der Waals surface area contributed by atoms with Crippen LogP contribution in [0, 0.1) is 6.92 Å². The molecule has 0 atom stereocenters. The first-order valence-electron chi connectivity index (χ1n) is 8.86. The highest BCUT2D eigenvalue weighted by molar-refractivity contribution is 5.91. The lowest BCUT2D eigenvalue weighted by molar-refractivity contribution is 0.0691. The number of aryl methyl sites for hydroxylation is 3. The van der Waals surface area contributed by atoms with Gasteiger partial charge < -0.3 is 13.7 Å². The molecular weight excluding hydrogens is 346 g/mol. The molecule has 27 heavy (non-hydrogen) atoms. The maximum atomic E-state index is 12.7. The van der Waals surface area contributed by atoms with Gasteiger partial charge in [0.1, 0.15) is 17.2 Å². The van der Waals surface area contributed by atoms with Crippen molar-refractivity contribution in [3.8, 4) is 0 Å². The Balaban J connectivity index is 1.46. The maximum absolute atomic E-state index is 12.7. The second kappa shape index (κ2) is 7.19. The third kappa shape index (κ3) is 3.81. The van der Waals surface area contributed by atoms with Crippen LogP contribution in [0.15, 0.2) is 50.3 Å². The van der Waals surface area contributed by atoms with E-state index in [1.54, 1.807) is 18.0 Å². The Morgan fingerprint density at radius 3 is 2.93 bits per heavy atom. The fourth-order valence-corrected chi connectivity index (χ4v) is 3.19. The summed E-state index contributed by atoms with van der Waals surface area (Å²) in [5.41, 5.74) is 1.66. The molecule has 138 valence electrons. The van der Waals surface area contributed by atoms with Crippen LogP contribution in [-0.2, 0) is 25.8 Å². The minimum atomic E-state index is -0.304. The lowest BCUT2D eigenvalue weighted by Gasteiger charge is -2.24. The molecule has 0 aliphatic carbocycles. The SMILES string of the molecule is Cc1cc(=O)cc(C(=O)N2CCc3oc(CCc4cccnc4)nc3C2)o1. The van der Waals surface area contributed by atoms with Crippen LogP contribution in [0.5, 0.6) is 0 Å². The van der Waals surface area contributed by atoms with Gasteiger partial charge in [0.25, 0.3) is 5.91 Å². The number of carbonyl (C=O) groups is 1. The highest BCUT2D eigenvalue weighted by atomic mass is 16.4. The van der Waals surface area contributed by atoms with Crippen molar-refractivity contribution in [1.29, 1.82) is 0 Å². The third-order valence-corrected chi connectivity index (χ3v) is 4.51. The van der Waals surface area contributed by atoms with Crippen molar-refractivity contribution in [3.05, 3.63) is 81.3 Å². The van der Waals surface area contributed by atoms with Crippen molar-refractivity contribution < 1.29 is 13.6 Å². The standard InChI is InChI=1S/C20H19N3O4/c1-13-9-15(24)10-18(26-13)20(25)23-8-6-17-16(12-23)22-19(27-17)5-4-14-3-2-7-21-11-14/h2-3,7,9-11H,4-6,8,12H2,1H3. The zero-order valence-corrected chi connectivity index (χ0v) is 15.0. The third-order valence-electron chi connectivity index (χ3n) is 4.51. The zero-order valence-electron chi connectivity index (χ0n) is 15.0. The molecule has 0 saturated carbocycles. The first kappa shape index (κ1) is 17.2. The largest absolute Gasteiger partial charge is 0.456 e. The molecule has 0 radical (unpaired) electrons. The molecular formula is C20H19N3O4. The minimum Gasteiger partial charge on any atom is -0.456 e. The molecule has 1 aliphatic rings. The highest BCUT2D eigenvalue weighted by Gasteiger charge is 2.27. The smallest absolute Gasteiger partial charge is 0.290 e. The van der Waals surface area contributed by atoms with E-state index in [1.165, 1.54) is 12.1 Å². The van der Waals surface area contributed by atoms with E-state index in [4.69, 9.17) is 8.83 Å². The second-order valence-corrected chi connectivity index (χ2v) is 6.58.